The van der Waals surface area contributed by atoms with E-state index in [9.17, 15) is 53.0 Å². The van der Waals surface area contributed by atoms with Crippen molar-refractivity contribution in [2.45, 2.75) is 0 Å². The molecule has 0 amide bonds. The van der Waals surface area contributed by atoms with E-state index in [1.54, 1.807) is 0 Å². The SMILES string of the molecule is Fc1c(F)c(N(F)F)c(F)c(F)c1-c1c(F)c(F)c(N(F)F)c(F)c1F. The van der Waals surface area contributed by atoms with Crippen molar-refractivity contribution in [3.63, 3.8) is 0 Å². The lowest BCUT2D eigenvalue weighted by Gasteiger charge is -2.15. The van der Waals surface area contributed by atoms with Gasteiger partial charge >= 0.3 is 0 Å². The van der Waals surface area contributed by atoms with E-state index < -0.39 is 79.7 Å². The van der Waals surface area contributed by atoms with Crippen LogP contribution in [0.15, 0.2) is 0 Å². The first kappa shape index (κ1) is 19.5. The predicted octanol–water partition coefficient (Wildman–Crippen LogP) is 5.62. The van der Waals surface area contributed by atoms with Gasteiger partial charge in [0, 0.05) is 0 Å². The maximum atomic E-state index is 13.8. The van der Waals surface area contributed by atoms with Gasteiger partial charge in [0.15, 0.2) is 57.9 Å². The van der Waals surface area contributed by atoms with Gasteiger partial charge in [0.2, 0.25) is 0 Å². The molecular formula is C12F12N2. The molecule has 0 heterocycles. The Labute approximate surface area is 134 Å². The number of rotatable bonds is 3. The second-order valence-electron chi connectivity index (χ2n) is 4.42. The Morgan fingerprint density at radius 3 is 0.692 bits per heavy atom. The fraction of sp³-hybridized carbons (Fsp3) is 0. The molecular weight excluding hydrogens is 400 g/mol. The standard InChI is InChI=1S/C12F12N2/c13-3-1(4(14)8(18)11(7(3)17)25(21)22)2-5(15)9(19)12(26(23)24)10(20)6(2)16. The normalized spacial score (nSPS) is 11.1. The summed E-state index contributed by atoms with van der Waals surface area (Å²) in [6, 6.07) is 0. The van der Waals surface area contributed by atoms with Gasteiger partial charge in [0.05, 0.1) is 11.1 Å². The largest absolute Gasteiger partial charge is 0.203 e. The van der Waals surface area contributed by atoms with Crippen LogP contribution in [0.5, 0.6) is 0 Å². The third-order valence-electron chi connectivity index (χ3n) is 3.07. The summed E-state index contributed by atoms with van der Waals surface area (Å²) in [7, 11) is 0. The maximum Gasteiger partial charge on any atom is 0.191 e. The van der Waals surface area contributed by atoms with Crippen LogP contribution in [0.4, 0.5) is 64.4 Å². The molecule has 14 heteroatoms. The lowest BCUT2D eigenvalue weighted by atomic mass is 10.00. The topological polar surface area (TPSA) is 6.48 Å². The Morgan fingerprint density at radius 2 is 0.538 bits per heavy atom. The van der Waals surface area contributed by atoms with Crippen LogP contribution in [0.25, 0.3) is 11.1 Å². The van der Waals surface area contributed by atoms with Crippen LogP contribution < -0.4 is 10.7 Å². The zero-order valence-corrected chi connectivity index (χ0v) is 11.4. The molecule has 0 saturated heterocycles. The highest BCUT2D eigenvalue weighted by molar-refractivity contribution is 5.72. The van der Waals surface area contributed by atoms with Crippen LogP contribution in [0.3, 0.4) is 0 Å². The molecule has 2 nitrogen and oxygen atoms in total. The summed E-state index contributed by atoms with van der Waals surface area (Å²) < 4.78 is 158. The van der Waals surface area contributed by atoms with Gasteiger partial charge in [0.1, 0.15) is 0 Å². The molecule has 142 valence electrons. The zero-order valence-electron chi connectivity index (χ0n) is 11.4. The van der Waals surface area contributed by atoms with E-state index in [-0.39, 0.29) is 0 Å². The van der Waals surface area contributed by atoms with Gasteiger partial charge < -0.3 is 0 Å². The highest BCUT2D eigenvalue weighted by Gasteiger charge is 2.37. The van der Waals surface area contributed by atoms with Crippen LogP contribution in [-0.4, -0.2) is 0 Å². The number of hydrogen-bond acceptors (Lipinski definition) is 2. The third-order valence-corrected chi connectivity index (χ3v) is 3.07. The van der Waals surface area contributed by atoms with Crippen molar-refractivity contribution >= 4 is 11.4 Å². The zero-order chi connectivity index (χ0) is 20.1. The number of anilines is 2. The Balaban J connectivity index is 3.00. The van der Waals surface area contributed by atoms with Crippen molar-refractivity contribution in [3.05, 3.63) is 46.5 Å². The Kier molecular flexibility index (Phi) is 4.88. The van der Waals surface area contributed by atoms with E-state index in [0.29, 0.717) is 0 Å². The van der Waals surface area contributed by atoms with Gasteiger partial charge in [-0.15, -0.1) is 0 Å². The van der Waals surface area contributed by atoms with Crippen LogP contribution in [0, 0.1) is 46.5 Å². The van der Waals surface area contributed by atoms with E-state index in [2.05, 4.69) is 0 Å². The maximum absolute atomic E-state index is 13.8. The lowest BCUT2D eigenvalue weighted by molar-refractivity contribution is 0.222. The molecule has 0 radical (unpaired) electrons. The first-order chi connectivity index (χ1) is 11.9. The van der Waals surface area contributed by atoms with E-state index >= 15 is 0 Å². The molecule has 26 heavy (non-hydrogen) atoms. The molecule has 0 N–H and O–H groups in total. The predicted molar refractivity (Wildman–Crippen MR) is 60.9 cm³/mol. The second kappa shape index (κ2) is 6.49. The monoisotopic (exact) mass is 400 g/mol. The van der Waals surface area contributed by atoms with E-state index in [0.717, 1.165) is 0 Å². The van der Waals surface area contributed by atoms with Gasteiger partial charge in [-0.3, -0.25) is 0 Å². The van der Waals surface area contributed by atoms with Crippen molar-refractivity contribution in [2.75, 3.05) is 10.7 Å². The Morgan fingerprint density at radius 1 is 0.346 bits per heavy atom. The van der Waals surface area contributed by atoms with E-state index in [4.69, 9.17) is 0 Å². The minimum atomic E-state index is -2.87. The summed E-state index contributed by atoms with van der Waals surface area (Å²) >= 11 is 0. The fourth-order valence-corrected chi connectivity index (χ4v) is 1.98. The molecule has 0 spiro atoms. The quantitative estimate of drug-likeness (QED) is 0.375. The van der Waals surface area contributed by atoms with Gasteiger partial charge in [-0.2, -0.15) is 0 Å². The summed E-state index contributed by atoms with van der Waals surface area (Å²) in [5.74, 6) is -22.9. The second-order valence-corrected chi connectivity index (χ2v) is 4.42. The molecule has 0 aliphatic rings. The first-order valence-electron chi connectivity index (χ1n) is 5.89. The molecule has 0 atom stereocenters. The Bertz CT molecular complexity index is 763. The van der Waals surface area contributed by atoms with Crippen LogP contribution >= 0.6 is 0 Å². The molecule has 0 saturated carbocycles. The van der Waals surface area contributed by atoms with Crippen molar-refractivity contribution in [1.82, 2.24) is 0 Å². The van der Waals surface area contributed by atoms with Gasteiger partial charge in [0.25, 0.3) is 0 Å². The summed E-state index contributed by atoms with van der Waals surface area (Å²) in [5.41, 5.74) is -10.1. The van der Waals surface area contributed by atoms with Crippen molar-refractivity contribution in [2.24, 2.45) is 0 Å². The molecule has 0 fully saturated rings. The Hall–Kier alpha value is -2.80. The van der Waals surface area contributed by atoms with Crippen LogP contribution in [0.2, 0.25) is 0 Å². The minimum Gasteiger partial charge on any atom is -0.203 e. The summed E-state index contributed by atoms with van der Waals surface area (Å²) in [6.45, 7) is 0. The highest BCUT2D eigenvalue weighted by Crippen LogP contribution is 2.42. The van der Waals surface area contributed by atoms with Crippen molar-refractivity contribution in [1.29, 1.82) is 0 Å². The van der Waals surface area contributed by atoms with Gasteiger partial charge in [-0.05, 0) is 10.7 Å². The number of hydrogen-bond donors (Lipinski definition) is 0. The molecule has 0 bridgehead atoms. The molecule has 2 aromatic rings. The number of halogens is 12. The van der Waals surface area contributed by atoms with Gasteiger partial charge in [-0.1, -0.05) is 17.9 Å². The fourth-order valence-electron chi connectivity index (χ4n) is 1.98. The van der Waals surface area contributed by atoms with E-state index in [1.165, 1.54) is 0 Å². The molecule has 0 unspecified atom stereocenters. The van der Waals surface area contributed by atoms with E-state index in [1.807, 2.05) is 0 Å². The van der Waals surface area contributed by atoms with Gasteiger partial charge in [-0.25, -0.2) is 35.1 Å². The molecule has 2 rings (SSSR count). The highest BCUT2D eigenvalue weighted by atomic mass is 19.4. The average molecular weight is 400 g/mol. The molecule has 0 aliphatic heterocycles. The molecule has 0 aromatic heterocycles. The van der Waals surface area contributed by atoms with Crippen LogP contribution in [0.1, 0.15) is 0 Å². The molecule has 0 aliphatic carbocycles. The van der Waals surface area contributed by atoms with Crippen LogP contribution in [-0.2, 0) is 0 Å². The summed E-state index contributed by atoms with van der Waals surface area (Å²) in [5, 5.41) is -4.83. The third kappa shape index (κ3) is 2.64. The lowest BCUT2D eigenvalue weighted by Crippen LogP contribution is -2.13. The number of nitrogens with zero attached hydrogens (tertiary/aromatic N) is 2. The van der Waals surface area contributed by atoms with Crippen molar-refractivity contribution < 1.29 is 53.0 Å². The first-order valence-corrected chi connectivity index (χ1v) is 5.89. The molecule has 2 aromatic carbocycles. The van der Waals surface area contributed by atoms with Crippen molar-refractivity contribution in [3.8, 4) is 11.1 Å². The average Bonchev–Trinajstić information content (AvgIpc) is 2.54. The summed E-state index contributed by atoms with van der Waals surface area (Å²) in [4.78, 5) is 0. The minimum absolute atomic E-state index is 2.42. The number of benzene rings is 2. The summed E-state index contributed by atoms with van der Waals surface area (Å²) in [6.07, 6.45) is 0. The smallest absolute Gasteiger partial charge is 0.191 e.